The van der Waals surface area contributed by atoms with Crippen LogP contribution in [0.4, 0.5) is 0 Å². The predicted octanol–water partition coefficient (Wildman–Crippen LogP) is 4.21. The zero-order valence-corrected chi connectivity index (χ0v) is 10.7. The van der Waals surface area contributed by atoms with E-state index in [9.17, 15) is 5.11 Å². The first-order chi connectivity index (χ1) is 8.15. The maximum Gasteiger partial charge on any atom is 0.134 e. The van der Waals surface area contributed by atoms with Crippen LogP contribution in [0.5, 0.6) is 0 Å². The molecule has 0 saturated carbocycles. The number of benzene rings is 1. The topological polar surface area (TPSA) is 33.4 Å². The van der Waals surface area contributed by atoms with Crippen molar-refractivity contribution in [3.8, 4) is 0 Å². The third-order valence-corrected chi connectivity index (χ3v) is 3.48. The number of fused-ring (bicyclic) bond motifs is 1. The highest BCUT2D eigenvalue weighted by Gasteiger charge is 2.21. The van der Waals surface area contributed by atoms with Crippen LogP contribution >= 0.6 is 0 Å². The summed E-state index contributed by atoms with van der Waals surface area (Å²) in [5, 5.41) is 11.3. The van der Waals surface area contributed by atoms with Crippen LogP contribution in [-0.4, -0.2) is 5.11 Å². The maximum absolute atomic E-state index is 10.3. The van der Waals surface area contributed by atoms with Gasteiger partial charge >= 0.3 is 0 Å². The Labute approximate surface area is 102 Å². The van der Waals surface area contributed by atoms with Gasteiger partial charge in [-0.05, 0) is 31.0 Å². The summed E-state index contributed by atoms with van der Waals surface area (Å²) in [6.45, 7) is 6.26. The van der Waals surface area contributed by atoms with Gasteiger partial charge in [-0.3, -0.25) is 0 Å². The molecule has 17 heavy (non-hydrogen) atoms. The highest BCUT2D eigenvalue weighted by Crippen LogP contribution is 2.31. The zero-order valence-electron chi connectivity index (χ0n) is 10.7. The Hall–Kier alpha value is -1.28. The Morgan fingerprint density at radius 3 is 2.53 bits per heavy atom. The van der Waals surface area contributed by atoms with Gasteiger partial charge in [-0.15, -0.1) is 0 Å². The van der Waals surface area contributed by atoms with Crippen molar-refractivity contribution >= 4 is 11.0 Å². The van der Waals surface area contributed by atoms with Crippen LogP contribution < -0.4 is 0 Å². The summed E-state index contributed by atoms with van der Waals surface area (Å²) in [4.78, 5) is 0. The minimum atomic E-state index is -0.488. The Balaban J connectivity index is 2.35. The molecule has 0 bridgehead atoms. The molecule has 1 aromatic heterocycles. The largest absolute Gasteiger partial charge is 0.458 e. The van der Waals surface area contributed by atoms with Gasteiger partial charge in [0.15, 0.2) is 0 Å². The lowest BCUT2D eigenvalue weighted by Crippen LogP contribution is -2.09. The van der Waals surface area contributed by atoms with Gasteiger partial charge in [0.1, 0.15) is 17.4 Å². The summed E-state index contributed by atoms with van der Waals surface area (Å²) >= 11 is 0. The number of rotatable bonds is 4. The molecule has 92 valence electrons. The second kappa shape index (κ2) is 4.92. The average molecular weight is 232 g/mol. The Bertz CT molecular complexity index is 495. The summed E-state index contributed by atoms with van der Waals surface area (Å²) < 4.78 is 5.72. The Morgan fingerprint density at radius 1 is 1.18 bits per heavy atom. The van der Waals surface area contributed by atoms with Gasteiger partial charge in [0.2, 0.25) is 0 Å². The van der Waals surface area contributed by atoms with Gasteiger partial charge in [0.25, 0.3) is 0 Å². The predicted molar refractivity (Wildman–Crippen MR) is 70.0 cm³/mol. The molecule has 1 atom stereocenters. The SMILES string of the molecule is CCC(CC)C(O)c1cc2cc(C)ccc2o1. The lowest BCUT2D eigenvalue weighted by atomic mass is 9.95. The minimum Gasteiger partial charge on any atom is -0.458 e. The van der Waals surface area contributed by atoms with Crippen LogP contribution in [0.3, 0.4) is 0 Å². The van der Waals surface area contributed by atoms with E-state index in [4.69, 9.17) is 4.42 Å². The first-order valence-electron chi connectivity index (χ1n) is 6.33. The lowest BCUT2D eigenvalue weighted by molar-refractivity contribution is 0.0831. The quantitative estimate of drug-likeness (QED) is 0.856. The van der Waals surface area contributed by atoms with Crippen molar-refractivity contribution in [3.05, 3.63) is 35.6 Å². The molecule has 0 aliphatic rings. The van der Waals surface area contributed by atoms with E-state index in [0.717, 1.165) is 23.8 Å². The van der Waals surface area contributed by atoms with E-state index in [1.807, 2.05) is 18.2 Å². The van der Waals surface area contributed by atoms with Crippen LogP contribution in [0.2, 0.25) is 0 Å². The second-order valence-electron chi connectivity index (χ2n) is 4.71. The third kappa shape index (κ3) is 2.37. The standard InChI is InChI=1S/C15H20O2/c1-4-11(5-2)15(16)14-9-12-8-10(3)6-7-13(12)17-14/h6-9,11,15-16H,4-5H2,1-3H3. The number of hydrogen-bond acceptors (Lipinski definition) is 2. The van der Waals surface area contributed by atoms with Crippen molar-refractivity contribution in [3.63, 3.8) is 0 Å². The minimum absolute atomic E-state index is 0.275. The number of aliphatic hydroxyl groups is 1. The maximum atomic E-state index is 10.3. The molecule has 0 saturated heterocycles. The summed E-state index contributed by atoms with van der Waals surface area (Å²) in [5.74, 6) is 0.968. The van der Waals surface area contributed by atoms with Crippen molar-refractivity contribution in [2.75, 3.05) is 0 Å². The van der Waals surface area contributed by atoms with Crippen LogP contribution in [0.15, 0.2) is 28.7 Å². The first kappa shape index (κ1) is 12.2. The van der Waals surface area contributed by atoms with Gasteiger partial charge < -0.3 is 9.52 Å². The van der Waals surface area contributed by atoms with Crippen LogP contribution in [-0.2, 0) is 0 Å². The monoisotopic (exact) mass is 232 g/mol. The van der Waals surface area contributed by atoms with Gasteiger partial charge in [-0.25, -0.2) is 0 Å². The average Bonchev–Trinajstić information content (AvgIpc) is 2.73. The van der Waals surface area contributed by atoms with Gasteiger partial charge in [0, 0.05) is 5.39 Å². The van der Waals surface area contributed by atoms with E-state index >= 15 is 0 Å². The van der Waals surface area contributed by atoms with Crippen LogP contribution in [0, 0.1) is 12.8 Å². The second-order valence-corrected chi connectivity index (χ2v) is 4.71. The van der Waals surface area contributed by atoms with Crippen molar-refractivity contribution in [1.82, 2.24) is 0 Å². The molecule has 1 heterocycles. The van der Waals surface area contributed by atoms with E-state index in [-0.39, 0.29) is 5.92 Å². The molecule has 2 nitrogen and oxygen atoms in total. The third-order valence-electron chi connectivity index (χ3n) is 3.48. The van der Waals surface area contributed by atoms with E-state index in [0.29, 0.717) is 5.76 Å². The number of furan rings is 1. The fourth-order valence-electron chi connectivity index (χ4n) is 2.30. The molecule has 0 radical (unpaired) electrons. The molecular weight excluding hydrogens is 212 g/mol. The Morgan fingerprint density at radius 2 is 1.88 bits per heavy atom. The highest BCUT2D eigenvalue weighted by molar-refractivity contribution is 5.78. The first-order valence-corrected chi connectivity index (χ1v) is 6.33. The molecule has 0 amide bonds. The summed E-state index contributed by atoms with van der Waals surface area (Å²) in [5.41, 5.74) is 2.07. The Kier molecular flexibility index (Phi) is 3.53. The van der Waals surface area contributed by atoms with Gasteiger partial charge in [-0.1, -0.05) is 38.3 Å². The lowest BCUT2D eigenvalue weighted by Gasteiger charge is -2.17. The van der Waals surface area contributed by atoms with E-state index < -0.39 is 6.10 Å². The molecule has 0 aliphatic heterocycles. The fraction of sp³-hybridized carbons (Fsp3) is 0.467. The van der Waals surface area contributed by atoms with Crippen LogP contribution in [0.1, 0.15) is 44.1 Å². The molecule has 0 aliphatic carbocycles. The van der Waals surface area contributed by atoms with Crippen molar-refractivity contribution in [2.24, 2.45) is 5.92 Å². The van der Waals surface area contributed by atoms with Crippen molar-refractivity contribution < 1.29 is 9.52 Å². The van der Waals surface area contributed by atoms with Crippen molar-refractivity contribution in [2.45, 2.75) is 39.7 Å². The molecule has 1 unspecified atom stereocenters. The summed E-state index contributed by atoms with van der Waals surface area (Å²) in [7, 11) is 0. The molecule has 0 spiro atoms. The molecule has 2 rings (SSSR count). The summed E-state index contributed by atoms with van der Waals surface area (Å²) in [6.07, 6.45) is 1.44. The molecule has 2 aromatic rings. The zero-order chi connectivity index (χ0) is 12.4. The number of aryl methyl sites for hydroxylation is 1. The molecule has 1 aromatic carbocycles. The molecule has 0 fully saturated rings. The van der Waals surface area contributed by atoms with E-state index in [1.165, 1.54) is 5.56 Å². The molecule has 1 N–H and O–H groups in total. The smallest absolute Gasteiger partial charge is 0.134 e. The number of aliphatic hydroxyl groups excluding tert-OH is 1. The fourth-order valence-corrected chi connectivity index (χ4v) is 2.30. The highest BCUT2D eigenvalue weighted by atomic mass is 16.4. The van der Waals surface area contributed by atoms with Crippen molar-refractivity contribution in [1.29, 1.82) is 0 Å². The van der Waals surface area contributed by atoms with Gasteiger partial charge in [-0.2, -0.15) is 0 Å². The van der Waals surface area contributed by atoms with Crippen LogP contribution in [0.25, 0.3) is 11.0 Å². The number of hydrogen-bond donors (Lipinski definition) is 1. The molecule has 2 heteroatoms. The molecular formula is C15H20O2. The van der Waals surface area contributed by atoms with E-state index in [1.54, 1.807) is 0 Å². The van der Waals surface area contributed by atoms with E-state index in [2.05, 4.69) is 26.8 Å². The summed E-state index contributed by atoms with van der Waals surface area (Å²) in [6, 6.07) is 8.04. The normalized spacial score (nSPS) is 13.5. The van der Waals surface area contributed by atoms with Gasteiger partial charge in [0.05, 0.1) is 0 Å².